The highest BCUT2D eigenvalue weighted by atomic mass is 19.2. The third-order valence-corrected chi connectivity index (χ3v) is 3.50. The van der Waals surface area contributed by atoms with Crippen LogP contribution >= 0.6 is 0 Å². The van der Waals surface area contributed by atoms with Gasteiger partial charge in [0.05, 0.1) is 18.7 Å². The second-order valence-electron chi connectivity index (χ2n) is 5.08. The van der Waals surface area contributed by atoms with Crippen LogP contribution in [0, 0.1) is 17.5 Å². The number of hydrogen-bond donors (Lipinski definition) is 2. The molecule has 1 aromatic carbocycles. The Morgan fingerprint density at radius 2 is 1.82 bits per heavy atom. The van der Waals surface area contributed by atoms with Crippen LogP contribution in [-0.4, -0.2) is 11.7 Å². The van der Waals surface area contributed by atoms with Gasteiger partial charge in [0.15, 0.2) is 17.5 Å². The molecule has 0 aliphatic rings. The third-order valence-electron chi connectivity index (χ3n) is 3.50. The lowest BCUT2D eigenvalue weighted by atomic mass is 10.1. The highest BCUT2D eigenvalue weighted by Gasteiger charge is 2.20. The minimum absolute atomic E-state index is 0.132. The molecule has 0 saturated carbocycles. The minimum atomic E-state index is -1.52. The summed E-state index contributed by atoms with van der Waals surface area (Å²) in [7, 11) is 0. The van der Waals surface area contributed by atoms with Crippen LogP contribution in [0.2, 0.25) is 0 Å². The van der Waals surface area contributed by atoms with E-state index in [1.54, 1.807) is 13.0 Å². The van der Waals surface area contributed by atoms with Crippen molar-refractivity contribution in [2.75, 3.05) is 6.61 Å². The molecule has 2 N–H and O–H groups in total. The number of nitrogens with one attached hydrogen (secondary N) is 1. The molecule has 2 aromatic rings. The van der Waals surface area contributed by atoms with Gasteiger partial charge in [-0.3, -0.25) is 5.32 Å². The molecule has 0 bridgehead atoms. The average molecular weight is 313 g/mol. The van der Waals surface area contributed by atoms with Gasteiger partial charge in [0.2, 0.25) is 0 Å². The van der Waals surface area contributed by atoms with E-state index in [-0.39, 0.29) is 11.6 Å². The van der Waals surface area contributed by atoms with Crippen molar-refractivity contribution < 1.29 is 22.7 Å². The molecule has 120 valence electrons. The maximum atomic E-state index is 13.3. The number of benzene rings is 1. The zero-order valence-corrected chi connectivity index (χ0v) is 12.4. The van der Waals surface area contributed by atoms with E-state index in [1.165, 1.54) is 0 Å². The fourth-order valence-electron chi connectivity index (χ4n) is 2.23. The lowest BCUT2D eigenvalue weighted by Gasteiger charge is -2.21. The molecular weight excluding hydrogens is 295 g/mol. The first-order valence-corrected chi connectivity index (χ1v) is 7.06. The van der Waals surface area contributed by atoms with E-state index in [2.05, 4.69) is 5.32 Å². The van der Waals surface area contributed by atoms with Gasteiger partial charge in [-0.1, -0.05) is 6.92 Å². The second-order valence-corrected chi connectivity index (χ2v) is 5.08. The van der Waals surface area contributed by atoms with Crippen LogP contribution in [0.3, 0.4) is 0 Å². The summed E-state index contributed by atoms with van der Waals surface area (Å²) in [5.74, 6) is -2.61. The van der Waals surface area contributed by atoms with Gasteiger partial charge in [0.25, 0.3) is 0 Å². The molecule has 0 aliphatic carbocycles. The van der Waals surface area contributed by atoms with Crippen molar-refractivity contribution in [1.82, 2.24) is 5.32 Å². The number of hydrogen-bond acceptors (Lipinski definition) is 3. The zero-order valence-electron chi connectivity index (χ0n) is 12.4. The topological polar surface area (TPSA) is 45.4 Å². The van der Waals surface area contributed by atoms with Crippen LogP contribution < -0.4 is 5.32 Å². The first kappa shape index (κ1) is 16.6. The number of rotatable bonds is 6. The molecule has 1 heterocycles. The summed E-state index contributed by atoms with van der Waals surface area (Å²) >= 11 is 0. The van der Waals surface area contributed by atoms with Crippen molar-refractivity contribution in [3.05, 3.63) is 58.8 Å². The van der Waals surface area contributed by atoms with E-state index in [1.807, 2.05) is 13.0 Å². The largest absolute Gasteiger partial charge is 0.464 e. The van der Waals surface area contributed by atoms with Crippen LogP contribution in [0.1, 0.15) is 43.0 Å². The van der Waals surface area contributed by atoms with Gasteiger partial charge in [0.1, 0.15) is 11.5 Å². The number of aryl methyl sites for hydroxylation is 1. The molecule has 0 amide bonds. The smallest absolute Gasteiger partial charge is 0.194 e. The normalized spacial score (nSPS) is 14.1. The number of halogens is 3. The third kappa shape index (κ3) is 3.51. The van der Waals surface area contributed by atoms with Gasteiger partial charge in [-0.2, -0.15) is 0 Å². The molecule has 0 saturated heterocycles. The molecule has 1 aromatic heterocycles. The maximum Gasteiger partial charge on any atom is 0.194 e. The fourth-order valence-corrected chi connectivity index (χ4v) is 2.23. The van der Waals surface area contributed by atoms with Gasteiger partial charge < -0.3 is 9.52 Å². The second kappa shape index (κ2) is 6.98. The predicted molar refractivity (Wildman–Crippen MR) is 75.8 cm³/mol. The standard InChI is InChI=1S/C16H18F3NO2/c1-3-11-4-5-15(22-11)9(2)20-14(8-21)10-6-12(17)16(19)13(18)7-10/h4-7,9,14,20-21H,3,8H2,1-2H3. The predicted octanol–water partition coefficient (Wildman–Crippen LogP) is 3.64. The molecule has 0 spiro atoms. The van der Waals surface area contributed by atoms with Gasteiger partial charge in [-0.15, -0.1) is 0 Å². The molecule has 3 nitrogen and oxygen atoms in total. The Bertz CT molecular complexity index is 619. The van der Waals surface area contributed by atoms with Crippen LogP contribution in [0.5, 0.6) is 0 Å². The molecule has 2 atom stereocenters. The molecule has 0 fully saturated rings. The summed E-state index contributed by atoms with van der Waals surface area (Å²) in [6, 6.07) is 4.37. The molecule has 2 rings (SSSR count). The lowest BCUT2D eigenvalue weighted by Crippen LogP contribution is -2.27. The Balaban J connectivity index is 2.18. The highest BCUT2D eigenvalue weighted by molar-refractivity contribution is 5.23. The van der Waals surface area contributed by atoms with Crippen LogP contribution in [0.15, 0.2) is 28.7 Å². The fraction of sp³-hybridized carbons (Fsp3) is 0.375. The van der Waals surface area contributed by atoms with E-state index in [9.17, 15) is 18.3 Å². The lowest BCUT2D eigenvalue weighted by molar-refractivity contribution is 0.229. The molecule has 2 unspecified atom stereocenters. The van der Waals surface area contributed by atoms with E-state index in [0.29, 0.717) is 5.76 Å². The Hall–Kier alpha value is -1.79. The first-order chi connectivity index (χ1) is 10.5. The number of aliphatic hydroxyl groups excluding tert-OH is 1. The van der Waals surface area contributed by atoms with Crippen LogP contribution in [-0.2, 0) is 6.42 Å². The molecular formula is C16H18F3NO2. The van der Waals surface area contributed by atoms with Crippen molar-refractivity contribution in [2.45, 2.75) is 32.4 Å². The molecule has 0 aliphatic heterocycles. The Labute approximate surface area is 126 Å². The Morgan fingerprint density at radius 1 is 1.18 bits per heavy atom. The summed E-state index contributed by atoms with van der Waals surface area (Å²) in [6.45, 7) is 3.37. The average Bonchev–Trinajstić information content (AvgIpc) is 2.98. The maximum absolute atomic E-state index is 13.3. The van der Waals surface area contributed by atoms with E-state index in [0.717, 1.165) is 24.3 Å². The van der Waals surface area contributed by atoms with Crippen molar-refractivity contribution in [2.24, 2.45) is 0 Å². The quantitative estimate of drug-likeness (QED) is 0.800. The highest BCUT2D eigenvalue weighted by Crippen LogP contribution is 2.24. The monoisotopic (exact) mass is 313 g/mol. The molecule has 22 heavy (non-hydrogen) atoms. The first-order valence-electron chi connectivity index (χ1n) is 7.06. The molecule has 6 heteroatoms. The van der Waals surface area contributed by atoms with Crippen molar-refractivity contribution in [1.29, 1.82) is 0 Å². The van der Waals surface area contributed by atoms with Crippen molar-refractivity contribution >= 4 is 0 Å². The summed E-state index contributed by atoms with van der Waals surface area (Å²) < 4.78 is 45.2. The number of aliphatic hydroxyl groups is 1. The van der Waals surface area contributed by atoms with E-state index in [4.69, 9.17) is 4.42 Å². The zero-order chi connectivity index (χ0) is 16.3. The van der Waals surface area contributed by atoms with Crippen LogP contribution in [0.4, 0.5) is 13.2 Å². The molecule has 0 radical (unpaired) electrons. The van der Waals surface area contributed by atoms with Gasteiger partial charge in [-0.05, 0) is 36.8 Å². The van der Waals surface area contributed by atoms with Crippen molar-refractivity contribution in [3.63, 3.8) is 0 Å². The van der Waals surface area contributed by atoms with Gasteiger partial charge >= 0.3 is 0 Å². The SMILES string of the molecule is CCc1ccc(C(C)NC(CO)c2cc(F)c(F)c(F)c2)o1. The number of furan rings is 1. The van der Waals surface area contributed by atoms with Gasteiger partial charge in [0, 0.05) is 6.42 Å². The summed E-state index contributed by atoms with van der Waals surface area (Å²) in [6.07, 6.45) is 0.754. The summed E-state index contributed by atoms with van der Waals surface area (Å²) in [5, 5.41) is 12.5. The van der Waals surface area contributed by atoms with Crippen LogP contribution in [0.25, 0.3) is 0 Å². The summed E-state index contributed by atoms with van der Waals surface area (Å²) in [5.41, 5.74) is 0.132. The van der Waals surface area contributed by atoms with E-state index >= 15 is 0 Å². The Kier molecular flexibility index (Phi) is 5.26. The van der Waals surface area contributed by atoms with Crippen molar-refractivity contribution in [3.8, 4) is 0 Å². The van der Waals surface area contributed by atoms with E-state index < -0.39 is 30.1 Å². The van der Waals surface area contributed by atoms with Gasteiger partial charge in [-0.25, -0.2) is 13.2 Å². The minimum Gasteiger partial charge on any atom is -0.464 e. The summed E-state index contributed by atoms with van der Waals surface area (Å²) in [4.78, 5) is 0. The Morgan fingerprint density at radius 3 is 2.32 bits per heavy atom.